The molecular weight excluding hydrogens is 349 g/mol. The molecule has 0 aliphatic rings. The highest BCUT2D eigenvalue weighted by molar-refractivity contribution is 5.71. The molecule has 4 heteroatoms. The molecule has 0 N–H and O–H groups in total. The van der Waals surface area contributed by atoms with Gasteiger partial charge in [-0.05, 0) is 48.7 Å². The van der Waals surface area contributed by atoms with Crippen LogP contribution in [0.15, 0.2) is 66.7 Å². The molecule has 0 spiro atoms. The van der Waals surface area contributed by atoms with Crippen LogP contribution in [0, 0.1) is 24.4 Å². The van der Waals surface area contributed by atoms with Crippen molar-refractivity contribution in [2.24, 2.45) is 0 Å². The summed E-state index contributed by atoms with van der Waals surface area (Å²) in [5.41, 5.74) is 2.93. The van der Waals surface area contributed by atoms with Crippen LogP contribution in [-0.4, -0.2) is 6.61 Å². The van der Waals surface area contributed by atoms with Gasteiger partial charge in [0.2, 0.25) is 0 Å². The van der Waals surface area contributed by atoms with Crippen molar-refractivity contribution in [2.75, 3.05) is 6.61 Å². The Labute approximate surface area is 156 Å². The smallest absolute Gasteiger partial charge is 0.191 e. The van der Waals surface area contributed by atoms with Gasteiger partial charge < -0.3 is 4.74 Å². The number of hydrogen-bond donors (Lipinski definition) is 0. The second kappa shape index (κ2) is 8.12. The van der Waals surface area contributed by atoms with Crippen LogP contribution in [0.4, 0.5) is 13.2 Å². The normalized spacial score (nSPS) is 11.1. The van der Waals surface area contributed by atoms with Crippen molar-refractivity contribution in [2.45, 2.75) is 13.8 Å². The SMILES string of the molecule is C/C=C/COc1c(F)cc(-c2ccc(-c3ccc(C)cc3)cc2F)cc1F. The molecule has 0 amide bonds. The van der Waals surface area contributed by atoms with E-state index in [9.17, 15) is 13.2 Å². The van der Waals surface area contributed by atoms with Gasteiger partial charge in [-0.25, -0.2) is 13.2 Å². The van der Waals surface area contributed by atoms with Crippen LogP contribution < -0.4 is 4.74 Å². The van der Waals surface area contributed by atoms with Gasteiger partial charge in [0.05, 0.1) is 0 Å². The van der Waals surface area contributed by atoms with Gasteiger partial charge in [0.1, 0.15) is 12.4 Å². The van der Waals surface area contributed by atoms with Gasteiger partial charge in [-0.2, -0.15) is 0 Å². The molecule has 0 unspecified atom stereocenters. The van der Waals surface area contributed by atoms with E-state index in [-0.39, 0.29) is 17.7 Å². The number of ether oxygens (including phenoxy) is 1. The summed E-state index contributed by atoms with van der Waals surface area (Å²) < 4.78 is 48.2. The topological polar surface area (TPSA) is 9.23 Å². The van der Waals surface area contributed by atoms with Gasteiger partial charge in [0.15, 0.2) is 17.4 Å². The highest BCUT2D eigenvalue weighted by atomic mass is 19.1. The quantitative estimate of drug-likeness (QED) is 0.455. The summed E-state index contributed by atoms with van der Waals surface area (Å²) in [6.45, 7) is 3.81. The van der Waals surface area contributed by atoms with Gasteiger partial charge in [0, 0.05) is 5.56 Å². The maximum absolute atomic E-state index is 14.6. The first-order chi connectivity index (χ1) is 13.0. The third-order valence-corrected chi connectivity index (χ3v) is 4.22. The number of hydrogen-bond acceptors (Lipinski definition) is 1. The van der Waals surface area contributed by atoms with E-state index in [4.69, 9.17) is 4.74 Å². The summed E-state index contributed by atoms with van der Waals surface area (Å²) >= 11 is 0. The molecule has 0 radical (unpaired) electrons. The Bertz CT molecular complexity index is 952. The largest absolute Gasteiger partial charge is 0.483 e. The second-order valence-corrected chi connectivity index (χ2v) is 6.21. The average Bonchev–Trinajstić information content (AvgIpc) is 2.64. The molecule has 3 rings (SSSR count). The molecule has 0 atom stereocenters. The summed E-state index contributed by atoms with van der Waals surface area (Å²) in [6, 6.07) is 14.5. The van der Waals surface area contributed by atoms with Crippen molar-refractivity contribution in [1.82, 2.24) is 0 Å². The van der Waals surface area contributed by atoms with Gasteiger partial charge in [-0.3, -0.25) is 0 Å². The second-order valence-electron chi connectivity index (χ2n) is 6.21. The lowest BCUT2D eigenvalue weighted by Crippen LogP contribution is -2.00. The molecule has 0 fully saturated rings. The Morgan fingerprint density at radius 3 is 1.96 bits per heavy atom. The Morgan fingerprint density at radius 1 is 0.778 bits per heavy atom. The third-order valence-electron chi connectivity index (χ3n) is 4.22. The first-order valence-electron chi connectivity index (χ1n) is 8.59. The number of halogens is 3. The standard InChI is InChI=1S/C23H19F3O/c1-3-4-11-27-23-21(25)13-18(14-22(23)26)19-10-9-17(12-20(19)24)16-7-5-15(2)6-8-16/h3-10,12-14H,11H2,1-2H3/b4-3+. The number of benzene rings is 3. The molecule has 27 heavy (non-hydrogen) atoms. The average molecular weight is 368 g/mol. The van der Waals surface area contributed by atoms with Crippen LogP contribution >= 0.6 is 0 Å². The summed E-state index contributed by atoms with van der Waals surface area (Å²) in [7, 11) is 0. The van der Waals surface area contributed by atoms with E-state index in [1.54, 1.807) is 25.1 Å². The molecule has 0 heterocycles. The van der Waals surface area contributed by atoms with Crippen LogP contribution in [0.25, 0.3) is 22.3 Å². The molecule has 0 aromatic heterocycles. The maximum atomic E-state index is 14.6. The van der Waals surface area contributed by atoms with E-state index in [0.717, 1.165) is 23.3 Å². The van der Waals surface area contributed by atoms with E-state index in [1.807, 2.05) is 31.2 Å². The van der Waals surface area contributed by atoms with Crippen molar-refractivity contribution in [3.63, 3.8) is 0 Å². The Morgan fingerprint density at radius 2 is 1.37 bits per heavy atom. The first-order valence-corrected chi connectivity index (χ1v) is 8.59. The highest BCUT2D eigenvalue weighted by Crippen LogP contribution is 2.32. The third kappa shape index (κ3) is 4.22. The zero-order valence-electron chi connectivity index (χ0n) is 15.1. The Kier molecular flexibility index (Phi) is 5.65. The fourth-order valence-electron chi connectivity index (χ4n) is 2.76. The lowest BCUT2D eigenvalue weighted by atomic mass is 9.99. The number of aryl methyl sites for hydroxylation is 1. The van der Waals surface area contributed by atoms with Gasteiger partial charge >= 0.3 is 0 Å². The van der Waals surface area contributed by atoms with Crippen molar-refractivity contribution >= 4 is 0 Å². The Hall–Kier alpha value is -3.01. The van der Waals surface area contributed by atoms with Crippen LogP contribution in [-0.2, 0) is 0 Å². The molecule has 0 aliphatic carbocycles. The van der Waals surface area contributed by atoms with E-state index >= 15 is 0 Å². The van der Waals surface area contributed by atoms with Crippen molar-refractivity contribution in [3.05, 3.63) is 89.8 Å². The first kappa shape index (κ1) is 18.8. The minimum atomic E-state index is -0.864. The van der Waals surface area contributed by atoms with E-state index in [2.05, 4.69) is 0 Å². The lowest BCUT2D eigenvalue weighted by Gasteiger charge is -2.11. The van der Waals surface area contributed by atoms with Gasteiger partial charge in [0.25, 0.3) is 0 Å². The van der Waals surface area contributed by atoms with Crippen LogP contribution in [0.5, 0.6) is 5.75 Å². The molecule has 3 aromatic carbocycles. The van der Waals surface area contributed by atoms with Crippen LogP contribution in [0.3, 0.4) is 0 Å². The molecule has 1 nitrogen and oxygen atoms in total. The van der Waals surface area contributed by atoms with E-state index in [0.29, 0.717) is 5.56 Å². The van der Waals surface area contributed by atoms with Crippen molar-refractivity contribution in [3.8, 4) is 28.0 Å². The fourth-order valence-corrected chi connectivity index (χ4v) is 2.76. The monoisotopic (exact) mass is 368 g/mol. The zero-order chi connectivity index (χ0) is 19.4. The number of allylic oxidation sites excluding steroid dienone is 1. The molecule has 0 bridgehead atoms. The summed E-state index contributed by atoms with van der Waals surface area (Å²) in [5.74, 6) is -2.74. The summed E-state index contributed by atoms with van der Waals surface area (Å²) in [5, 5.41) is 0. The van der Waals surface area contributed by atoms with Gasteiger partial charge in [-0.15, -0.1) is 0 Å². The fraction of sp³-hybridized carbons (Fsp3) is 0.130. The molecule has 0 saturated heterocycles. The van der Waals surface area contributed by atoms with Gasteiger partial charge in [-0.1, -0.05) is 54.1 Å². The van der Waals surface area contributed by atoms with E-state index < -0.39 is 23.2 Å². The summed E-state index contributed by atoms with van der Waals surface area (Å²) in [6.07, 6.45) is 3.35. The predicted octanol–water partition coefficient (Wildman–Crippen LogP) is 6.70. The molecule has 0 aliphatic heterocycles. The summed E-state index contributed by atoms with van der Waals surface area (Å²) in [4.78, 5) is 0. The molecule has 0 saturated carbocycles. The minimum Gasteiger partial charge on any atom is -0.483 e. The Balaban J connectivity index is 1.93. The van der Waals surface area contributed by atoms with E-state index in [1.165, 1.54) is 12.1 Å². The molecule has 138 valence electrons. The lowest BCUT2D eigenvalue weighted by molar-refractivity contribution is 0.320. The van der Waals surface area contributed by atoms with Crippen LogP contribution in [0.2, 0.25) is 0 Å². The van der Waals surface area contributed by atoms with Crippen molar-refractivity contribution < 1.29 is 17.9 Å². The zero-order valence-corrected chi connectivity index (χ0v) is 15.1. The molecular formula is C23H19F3O. The molecule has 3 aromatic rings. The van der Waals surface area contributed by atoms with Crippen molar-refractivity contribution in [1.29, 1.82) is 0 Å². The highest BCUT2D eigenvalue weighted by Gasteiger charge is 2.16. The van der Waals surface area contributed by atoms with Crippen LogP contribution in [0.1, 0.15) is 12.5 Å². The maximum Gasteiger partial charge on any atom is 0.191 e. The predicted molar refractivity (Wildman–Crippen MR) is 102 cm³/mol. The minimum absolute atomic E-state index is 0.0588. The number of rotatable bonds is 5.